The summed E-state index contributed by atoms with van der Waals surface area (Å²) in [5.74, 6) is 0.185. The highest BCUT2D eigenvalue weighted by Crippen LogP contribution is 2.43. The number of carbonyl (C=O) groups excluding carboxylic acids is 1. The molecule has 3 nitrogen and oxygen atoms in total. The van der Waals surface area contributed by atoms with Gasteiger partial charge in [-0.15, -0.1) is 12.4 Å². The second-order valence-corrected chi connectivity index (χ2v) is 4.33. The lowest BCUT2D eigenvalue weighted by atomic mass is 9.74. The van der Waals surface area contributed by atoms with Crippen LogP contribution in [0.1, 0.15) is 18.4 Å². The smallest absolute Gasteiger partial charge is 0.235 e. The molecule has 2 N–H and O–H groups in total. The summed E-state index contributed by atoms with van der Waals surface area (Å²) in [7, 11) is 0. The van der Waals surface area contributed by atoms with Crippen molar-refractivity contribution in [3.63, 3.8) is 0 Å². The third kappa shape index (κ3) is 1.43. The summed E-state index contributed by atoms with van der Waals surface area (Å²) >= 11 is 0. The lowest BCUT2D eigenvalue weighted by Crippen LogP contribution is -2.44. The number of hydrogen-bond donors (Lipinski definition) is 2. The second kappa shape index (κ2) is 4.07. The molecule has 1 saturated heterocycles. The first-order chi connectivity index (χ1) is 7.33. The van der Waals surface area contributed by atoms with Crippen LogP contribution in [0.5, 0.6) is 0 Å². The van der Waals surface area contributed by atoms with Gasteiger partial charge in [0.2, 0.25) is 5.91 Å². The van der Waals surface area contributed by atoms with E-state index in [2.05, 4.69) is 16.7 Å². The highest BCUT2D eigenvalue weighted by molar-refractivity contribution is 6.06. The van der Waals surface area contributed by atoms with Crippen molar-refractivity contribution in [1.29, 1.82) is 0 Å². The van der Waals surface area contributed by atoms with Gasteiger partial charge in [-0.2, -0.15) is 0 Å². The predicted octanol–water partition coefficient (Wildman–Crippen LogP) is 1.68. The van der Waals surface area contributed by atoms with Gasteiger partial charge in [-0.05, 0) is 37.6 Å². The van der Waals surface area contributed by atoms with Crippen molar-refractivity contribution in [2.24, 2.45) is 0 Å². The summed E-state index contributed by atoms with van der Waals surface area (Å²) in [6.07, 6.45) is 1.83. The Hall–Kier alpha value is -1.06. The number of amides is 1. The molecule has 1 amide bonds. The van der Waals surface area contributed by atoms with E-state index in [0.29, 0.717) is 0 Å². The molecule has 2 heterocycles. The molecule has 2 aliphatic heterocycles. The van der Waals surface area contributed by atoms with Gasteiger partial charge in [0.05, 0.1) is 5.41 Å². The number of rotatable bonds is 0. The van der Waals surface area contributed by atoms with Crippen LogP contribution < -0.4 is 10.6 Å². The third-order valence-electron chi connectivity index (χ3n) is 3.58. The van der Waals surface area contributed by atoms with Crippen LogP contribution in [-0.4, -0.2) is 19.0 Å². The summed E-state index contributed by atoms with van der Waals surface area (Å²) in [6, 6.07) is 8.06. The van der Waals surface area contributed by atoms with Crippen LogP contribution >= 0.6 is 12.4 Å². The van der Waals surface area contributed by atoms with E-state index in [-0.39, 0.29) is 23.7 Å². The molecule has 16 heavy (non-hydrogen) atoms. The largest absolute Gasteiger partial charge is 0.325 e. The Morgan fingerprint density at radius 2 is 1.81 bits per heavy atom. The lowest BCUT2D eigenvalue weighted by molar-refractivity contribution is -0.121. The molecule has 1 aromatic carbocycles. The first-order valence-electron chi connectivity index (χ1n) is 5.45. The molecule has 1 aromatic rings. The van der Waals surface area contributed by atoms with Gasteiger partial charge in [0.1, 0.15) is 0 Å². The average molecular weight is 239 g/mol. The summed E-state index contributed by atoms with van der Waals surface area (Å²) < 4.78 is 0. The van der Waals surface area contributed by atoms with Crippen molar-refractivity contribution in [3.8, 4) is 0 Å². The maximum atomic E-state index is 12.1. The van der Waals surface area contributed by atoms with Gasteiger partial charge in [0.15, 0.2) is 0 Å². The van der Waals surface area contributed by atoms with Crippen LogP contribution in [0.25, 0.3) is 0 Å². The Balaban J connectivity index is 0.000000963. The molecule has 1 spiro atoms. The quantitative estimate of drug-likeness (QED) is 0.722. The summed E-state index contributed by atoms with van der Waals surface area (Å²) in [4.78, 5) is 12.1. The van der Waals surface area contributed by atoms with Crippen LogP contribution in [0.3, 0.4) is 0 Å². The van der Waals surface area contributed by atoms with Gasteiger partial charge in [-0.1, -0.05) is 18.2 Å². The SMILES string of the molecule is Cl.O=C1Nc2ccccc2C12CCNCC2. The number of para-hydroxylation sites is 1. The number of hydrogen-bond acceptors (Lipinski definition) is 2. The van der Waals surface area contributed by atoms with E-state index in [4.69, 9.17) is 0 Å². The molecule has 0 saturated carbocycles. The van der Waals surface area contributed by atoms with E-state index in [9.17, 15) is 4.79 Å². The molecule has 1 fully saturated rings. The van der Waals surface area contributed by atoms with E-state index in [0.717, 1.165) is 31.6 Å². The monoisotopic (exact) mass is 238 g/mol. The minimum absolute atomic E-state index is 0. The zero-order chi connectivity index (χ0) is 10.3. The van der Waals surface area contributed by atoms with Gasteiger partial charge in [-0.3, -0.25) is 4.79 Å². The molecule has 0 aliphatic carbocycles. The van der Waals surface area contributed by atoms with Crippen LogP contribution in [0.15, 0.2) is 24.3 Å². The Kier molecular flexibility index (Phi) is 2.91. The molecule has 0 aromatic heterocycles. The van der Waals surface area contributed by atoms with Crippen LogP contribution in [0.4, 0.5) is 5.69 Å². The Morgan fingerprint density at radius 1 is 1.12 bits per heavy atom. The van der Waals surface area contributed by atoms with E-state index in [1.807, 2.05) is 18.2 Å². The number of piperidine rings is 1. The number of benzene rings is 1. The van der Waals surface area contributed by atoms with E-state index < -0.39 is 0 Å². The highest BCUT2D eigenvalue weighted by atomic mass is 35.5. The topological polar surface area (TPSA) is 41.1 Å². The highest BCUT2D eigenvalue weighted by Gasteiger charge is 2.46. The van der Waals surface area contributed by atoms with Crippen molar-refractivity contribution in [2.75, 3.05) is 18.4 Å². The first-order valence-corrected chi connectivity index (χ1v) is 5.45. The molecule has 86 valence electrons. The van der Waals surface area contributed by atoms with Crippen molar-refractivity contribution in [1.82, 2.24) is 5.32 Å². The van der Waals surface area contributed by atoms with E-state index in [1.165, 1.54) is 5.56 Å². The number of carbonyl (C=O) groups is 1. The summed E-state index contributed by atoms with van der Waals surface area (Å²) in [5, 5.41) is 6.30. The molecular weight excluding hydrogens is 224 g/mol. The molecular formula is C12H15ClN2O. The molecule has 0 unspecified atom stereocenters. The van der Waals surface area contributed by atoms with Crippen molar-refractivity contribution < 1.29 is 4.79 Å². The van der Waals surface area contributed by atoms with Crippen molar-refractivity contribution in [3.05, 3.63) is 29.8 Å². The summed E-state index contributed by atoms with van der Waals surface area (Å²) in [5.41, 5.74) is 1.95. The van der Waals surface area contributed by atoms with Crippen LogP contribution in [0.2, 0.25) is 0 Å². The minimum Gasteiger partial charge on any atom is -0.325 e. The molecule has 0 atom stereocenters. The van der Waals surface area contributed by atoms with Gasteiger partial charge in [-0.25, -0.2) is 0 Å². The third-order valence-corrected chi connectivity index (χ3v) is 3.58. The second-order valence-electron chi connectivity index (χ2n) is 4.33. The fraction of sp³-hybridized carbons (Fsp3) is 0.417. The maximum Gasteiger partial charge on any atom is 0.235 e. The standard InChI is InChI=1S/C12H14N2O.ClH/c15-11-12(5-7-13-8-6-12)9-3-1-2-4-10(9)14-11;/h1-4,13H,5-8H2,(H,14,15);1H. The number of anilines is 1. The molecule has 4 heteroatoms. The Morgan fingerprint density at radius 3 is 2.56 bits per heavy atom. The lowest BCUT2D eigenvalue weighted by Gasteiger charge is -2.31. The summed E-state index contributed by atoms with van der Waals surface area (Å²) in [6.45, 7) is 1.86. The first kappa shape index (κ1) is 11.4. The fourth-order valence-electron chi connectivity index (χ4n) is 2.72. The van der Waals surface area contributed by atoms with Crippen LogP contribution in [-0.2, 0) is 10.2 Å². The zero-order valence-corrected chi connectivity index (χ0v) is 9.77. The van der Waals surface area contributed by atoms with Crippen molar-refractivity contribution in [2.45, 2.75) is 18.3 Å². The number of halogens is 1. The Bertz CT molecular complexity index is 413. The minimum atomic E-state index is -0.248. The molecule has 2 aliphatic rings. The van der Waals surface area contributed by atoms with Crippen molar-refractivity contribution >= 4 is 24.0 Å². The predicted molar refractivity (Wildman–Crippen MR) is 66.1 cm³/mol. The zero-order valence-electron chi connectivity index (χ0n) is 8.95. The normalized spacial score (nSPS) is 21.1. The Labute approximate surface area is 101 Å². The van der Waals surface area contributed by atoms with Gasteiger partial charge in [0.25, 0.3) is 0 Å². The molecule has 0 radical (unpaired) electrons. The van der Waals surface area contributed by atoms with E-state index >= 15 is 0 Å². The number of fused-ring (bicyclic) bond motifs is 2. The number of nitrogens with one attached hydrogen (secondary N) is 2. The average Bonchev–Trinajstić information content (AvgIpc) is 2.55. The van der Waals surface area contributed by atoms with E-state index in [1.54, 1.807) is 0 Å². The van der Waals surface area contributed by atoms with Gasteiger partial charge < -0.3 is 10.6 Å². The molecule has 3 rings (SSSR count). The van der Waals surface area contributed by atoms with Gasteiger partial charge in [0, 0.05) is 5.69 Å². The van der Waals surface area contributed by atoms with Gasteiger partial charge >= 0.3 is 0 Å². The fourth-order valence-corrected chi connectivity index (χ4v) is 2.72. The maximum absolute atomic E-state index is 12.1. The molecule has 0 bridgehead atoms. The van der Waals surface area contributed by atoms with Crippen LogP contribution in [0, 0.1) is 0 Å².